The van der Waals surface area contributed by atoms with Crippen molar-refractivity contribution in [2.45, 2.75) is 13.0 Å². The minimum Gasteiger partial charge on any atom is -0.477 e. The van der Waals surface area contributed by atoms with E-state index in [2.05, 4.69) is 4.90 Å². The van der Waals surface area contributed by atoms with Crippen LogP contribution in [0.15, 0.2) is 41.2 Å². The van der Waals surface area contributed by atoms with Crippen LogP contribution in [-0.2, 0) is 4.74 Å². The molecule has 0 spiro atoms. The summed E-state index contributed by atoms with van der Waals surface area (Å²) in [5.41, 5.74) is 1.18. The van der Waals surface area contributed by atoms with Crippen LogP contribution < -0.4 is 10.3 Å². The quantitative estimate of drug-likeness (QED) is 0.874. The number of aromatic carboxylic acids is 1. The molecule has 1 aromatic carbocycles. The molecule has 1 aliphatic heterocycles. The van der Waals surface area contributed by atoms with Gasteiger partial charge in [0.1, 0.15) is 18.3 Å². The van der Waals surface area contributed by atoms with Gasteiger partial charge in [-0.15, -0.1) is 0 Å². The summed E-state index contributed by atoms with van der Waals surface area (Å²) in [4.78, 5) is 26.2. The van der Waals surface area contributed by atoms with Gasteiger partial charge in [0.05, 0.1) is 12.3 Å². The van der Waals surface area contributed by atoms with Crippen LogP contribution in [0.5, 0.6) is 5.88 Å². The lowest BCUT2D eigenvalue weighted by Crippen LogP contribution is -2.43. The number of ether oxygens (including phenoxy) is 2. The monoisotopic (exact) mass is 358 g/mol. The van der Waals surface area contributed by atoms with Gasteiger partial charge >= 0.3 is 5.97 Å². The maximum Gasteiger partial charge on any atom is 0.341 e. The van der Waals surface area contributed by atoms with Gasteiger partial charge in [-0.2, -0.15) is 0 Å². The van der Waals surface area contributed by atoms with Crippen LogP contribution in [0.1, 0.15) is 15.9 Å². The van der Waals surface area contributed by atoms with Gasteiger partial charge in [-0.3, -0.25) is 4.79 Å². The van der Waals surface area contributed by atoms with Crippen LogP contribution in [-0.4, -0.2) is 60.0 Å². The van der Waals surface area contributed by atoms with Crippen LogP contribution >= 0.6 is 0 Å². The maximum atomic E-state index is 12.5. The molecule has 2 heterocycles. The van der Waals surface area contributed by atoms with Crippen LogP contribution in [0.2, 0.25) is 0 Å². The third-order valence-corrected chi connectivity index (χ3v) is 4.32. The third kappa shape index (κ3) is 3.95. The molecule has 0 aliphatic carbocycles. The summed E-state index contributed by atoms with van der Waals surface area (Å²) in [5.74, 6) is -1.13. The third-order valence-electron chi connectivity index (χ3n) is 4.32. The average molecular weight is 358 g/mol. The van der Waals surface area contributed by atoms with Gasteiger partial charge in [0, 0.05) is 19.2 Å². The van der Waals surface area contributed by atoms with Crippen molar-refractivity contribution in [3.63, 3.8) is 0 Å². The number of carboxylic acids is 1. The molecule has 2 aromatic rings. The van der Waals surface area contributed by atoms with Gasteiger partial charge in [0.2, 0.25) is 5.88 Å². The van der Waals surface area contributed by atoms with Crippen molar-refractivity contribution in [2.75, 3.05) is 33.4 Å². The maximum absolute atomic E-state index is 12.5. The number of carbonyl (C=O) groups is 1. The second-order valence-corrected chi connectivity index (χ2v) is 6.43. The molecule has 138 valence electrons. The van der Waals surface area contributed by atoms with Gasteiger partial charge < -0.3 is 19.5 Å². The highest BCUT2D eigenvalue weighted by Gasteiger charge is 2.22. The highest BCUT2D eigenvalue weighted by Crippen LogP contribution is 2.22. The second-order valence-electron chi connectivity index (χ2n) is 6.43. The summed E-state index contributed by atoms with van der Waals surface area (Å²) in [7, 11) is 1.99. The van der Waals surface area contributed by atoms with Crippen LogP contribution in [0, 0.1) is 6.92 Å². The van der Waals surface area contributed by atoms with Gasteiger partial charge in [0.15, 0.2) is 0 Å². The largest absolute Gasteiger partial charge is 0.477 e. The number of rotatable bonds is 5. The van der Waals surface area contributed by atoms with Gasteiger partial charge in [-0.05, 0) is 32.2 Å². The number of hydrogen-bond acceptors (Lipinski definition) is 5. The molecule has 1 saturated heterocycles. The molecule has 1 aromatic heterocycles. The molecule has 0 saturated carbocycles. The van der Waals surface area contributed by atoms with E-state index in [0.717, 1.165) is 12.1 Å². The van der Waals surface area contributed by atoms with Crippen molar-refractivity contribution < 1.29 is 19.4 Å². The molecule has 0 bridgehead atoms. The fourth-order valence-electron chi connectivity index (χ4n) is 2.90. The van der Waals surface area contributed by atoms with Gasteiger partial charge in [-0.1, -0.05) is 17.7 Å². The fraction of sp³-hybridized carbons (Fsp3) is 0.368. The predicted molar refractivity (Wildman–Crippen MR) is 96.5 cm³/mol. The fourth-order valence-corrected chi connectivity index (χ4v) is 2.90. The number of likely N-dealkylation sites (N-methyl/N-ethyl adjacent to an activating group) is 1. The number of pyridine rings is 1. The van der Waals surface area contributed by atoms with Gasteiger partial charge in [0.25, 0.3) is 5.56 Å². The number of benzene rings is 1. The van der Waals surface area contributed by atoms with E-state index in [0.29, 0.717) is 18.8 Å². The molecule has 26 heavy (non-hydrogen) atoms. The van der Waals surface area contributed by atoms with Crippen molar-refractivity contribution in [3.8, 4) is 11.6 Å². The summed E-state index contributed by atoms with van der Waals surface area (Å²) >= 11 is 0. The molecule has 7 heteroatoms. The molecule has 0 unspecified atom stereocenters. The van der Waals surface area contributed by atoms with Crippen molar-refractivity contribution >= 4 is 5.97 Å². The molecule has 7 nitrogen and oxygen atoms in total. The average Bonchev–Trinajstić information content (AvgIpc) is 2.61. The summed E-state index contributed by atoms with van der Waals surface area (Å²) in [6, 6.07) is 9.76. The zero-order chi connectivity index (χ0) is 18.7. The molecular weight excluding hydrogens is 336 g/mol. The number of morpholine rings is 1. The normalized spacial score (nSPS) is 17.8. The van der Waals surface area contributed by atoms with E-state index >= 15 is 0 Å². The first-order valence-electron chi connectivity index (χ1n) is 8.45. The summed E-state index contributed by atoms with van der Waals surface area (Å²) < 4.78 is 12.8. The van der Waals surface area contributed by atoms with Crippen molar-refractivity contribution in [2.24, 2.45) is 0 Å². The molecule has 3 rings (SSSR count). The Bertz CT molecular complexity index is 844. The minimum absolute atomic E-state index is 0.0191. The lowest BCUT2D eigenvalue weighted by molar-refractivity contribution is -0.0415. The van der Waals surface area contributed by atoms with Gasteiger partial charge in [-0.25, -0.2) is 9.36 Å². The number of aromatic nitrogens is 1. The zero-order valence-electron chi connectivity index (χ0n) is 14.8. The lowest BCUT2D eigenvalue weighted by atomic mass is 10.2. The first-order chi connectivity index (χ1) is 12.5. The Morgan fingerprint density at radius 3 is 2.65 bits per heavy atom. The predicted octanol–water partition coefficient (Wildman–Crippen LogP) is 1.55. The molecule has 1 N–H and O–H groups in total. The van der Waals surface area contributed by atoms with Crippen molar-refractivity contribution in [3.05, 3.63) is 57.9 Å². The SMILES string of the molecule is Cc1ccc(-n2c(OC[C@H]3CN(C)CCO3)c(C(=O)O)ccc2=O)cc1. The summed E-state index contributed by atoms with van der Waals surface area (Å²) in [6.07, 6.45) is -0.183. The molecule has 1 fully saturated rings. The molecular formula is C19H22N2O5. The van der Waals surface area contributed by atoms with E-state index in [1.807, 2.05) is 26.1 Å². The first-order valence-corrected chi connectivity index (χ1v) is 8.45. The smallest absolute Gasteiger partial charge is 0.341 e. The van der Waals surface area contributed by atoms with Crippen molar-refractivity contribution in [1.82, 2.24) is 9.47 Å². The van der Waals surface area contributed by atoms with E-state index in [1.165, 1.54) is 16.7 Å². The number of hydrogen-bond donors (Lipinski definition) is 1. The van der Waals surface area contributed by atoms with E-state index in [1.54, 1.807) is 12.1 Å². The Kier molecular flexibility index (Phi) is 5.39. The standard InChI is InChI=1S/C19H22N2O5/c1-13-3-5-14(6-4-13)21-17(22)8-7-16(19(23)24)18(21)26-12-15-11-20(2)9-10-25-15/h3-8,15H,9-12H2,1-2H3,(H,23,24)/t15-/m1/s1. The first kappa shape index (κ1) is 18.2. The Morgan fingerprint density at radius 1 is 1.27 bits per heavy atom. The lowest BCUT2D eigenvalue weighted by Gasteiger charge is -2.30. The molecule has 1 atom stereocenters. The zero-order valence-corrected chi connectivity index (χ0v) is 14.8. The van der Waals surface area contributed by atoms with Crippen LogP contribution in [0.3, 0.4) is 0 Å². The molecule has 0 amide bonds. The summed E-state index contributed by atoms with van der Waals surface area (Å²) in [5, 5.41) is 9.52. The number of aryl methyl sites for hydroxylation is 1. The Morgan fingerprint density at radius 2 is 2.00 bits per heavy atom. The topological polar surface area (TPSA) is 81.0 Å². The van der Waals surface area contributed by atoms with E-state index < -0.39 is 5.97 Å². The van der Waals surface area contributed by atoms with E-state index in [9.17, 15) is 14.7 Å². The van der Waals surface area contributed by atoms with Crippen molar-refractivity contribution in [1.29, 1.82) is 0 Å². The highest BCUT2D eigenvalue weighted by molar-refractivity contribution is 5.90. The molecule has 0 radical (unpaired) electrons. The van der Waals surface area contributed by atoms with E-state index in [-0.39, 0.29) is 29.7 Å². The van der Waals surface area contributed by atoms with Crippen LogP contribution in [0.4, 0.5) is 0 Å². The minimum atomic E-state index is -1.15. The Balaban J connectivity index is 1.97. The van der Waals surface area contributed by atoms with E-state index in [4.69, 9.17) is 9.47 Å². The highest BCUT2D eigenvalue weighted by atomic mass is 16.5. The Hall–Kier alpha value is -2.64. The Labute approximate surface area is 151 Å². The second kappa shape index (κ2) is 7.72. The molecule has 1 aliphatic rings. The summed E-state index contributed by atoms with van der Waals surface area (Å²) in [6.45, 7) is 4.23. The number of carboxylic acid groups (broad SMARTS) is 1. The number of nitrogens with zero attached hydrogens (tertiary/aromatic N) is 2. The van der Waals surface area contributed by atoms with Crippen LogP contribution in [0.25, 0.3) is 5.69 Å².